The Morgan fingerprint density at radius 3 is 2.71 bits per heavy atom. The molecule has 0 radical (unpaired) electrons. The number of benzene rings is 2. The summed E-state index contributed by atoms with van der Waals surface area (Å²) in [4.78, 5) is 14.4. The Labute approximate surface area is 149 Å². The summed E-state index contributed by atoms with van der Waals surface area (Å²) in [7, 11) is 0. The lowest BCUT2D eigenvalue weighted by Crippen LogP contribution is -2.28. The molecule has 3 nitrogen and oxygen atoms in total. The van der Waals surface area contributed by atoms with E-state index in [1.807, 2.05) is 24.3 Å². The summed E-state index contributed by atoms with van der Waals surface area (Å²) in [6.45, 7) is 0. The molecule has 0 saturated heterocycles. The van der Waals surface area contributed by atoms with Crippen LogP contribution in [0, 0.1) is 0 Å². The number of anilines is 1. The molecule has 1 heterocycles. The highest BCUT2D eigenvalue weighted by atomic mass is 35.5. The molecule has 0 atom stereocenters. The van der Waals surface area contributed by atoms with Crippen LogP contribution < -0.4 is 10.9 Å². The number of hydrogen-bond acceptors (Lipinski definition) is 3. The maximum atomic E-state index is 12.4. The van der Waals surface area contributed by atoms with Gasteiger partial charge in [0.05, 0.1) is 10.6 Å². The minimum absolute atomic E-state index is 0.133. The van der Waals surface area contributed by atoms with E-state index in [2.05, 4.69) is 29.1 Å². The van der Waals surface area contributed by atoms with Crippen molar-refractivity contribution in [2.75, 3.05) is 5.43 Å². The predicted molar refractivity (Wildman–Crippen MR) is 99.7 cm³/mol. The van der Waals surface area contributed by atoms with Crippen LogP contribution in [0.3, 0.4) is 0 Å². The van der Waals surface area contributed by atoms with Gasteiger partial charge in [-0.1, -0.05) is 41.9 Å². The van der Waals surface area contributed by atoms with E-state index >= 15 is 0 Å². The van der Waals surface area contributed by atoms with Crippen molar-refractivity contribution in [2.24, 2.45) is 0 Å². The number of nitrogens with one attached hydrogen (secondary N) is 2. The molecule has 2 N–H and O–H groups in total. The minimum atomic E-state index is -0.133. The lowest BCUT2D eigenvalue weighted by molar-refractivity contribution is 0.0966. The highest BCUT2D eigenvalue weighted by molar-refractivity contribution is 7.17. The lowest BCUT2D eigenvalue weighted by atomic mass is 9.91. The maximum absolute atomic E-state index is 12.4. The van der Waals surface area contributed by atoms with Gasteiger partial charge in [-0.05, 0) is 53.8 Å². The Kier molecular flexibility index (Phi) is 4.00. The van der Waals surface area contributed by atoms with Crippen LogP contribution in [-0.4, -0.2) is 5.91 Å². The van der Waals surface area contributed by atoms with E-state index in [0.29, 0.717) is 9.90 Å². The Balaban J connectivity index is 1.54. The Morgan fingerprint density at radius 2 is 1.83 bits per heavy atom. The van der Waals surface area contributed by atoms with Crippen LogP contribution in [0.15, 0.2) is 54.6 Å². The topological polar surface area (TPSA) is 41.1 Å². The van der Waals surface area contributed by atoms with E-state index in [9.17, 15) is 4.79 Å². The summed E-state index contributed by atoms with van der Waals surface area (Å²) in [6.07, 6.45) is 2.01. The van der Waals surface area contributed by atoms with E-state index < -0.39 is 0 Å². The van der Waals surface area contributed by atoms with Gasteiger partial charge in [0.1, 0.15) is 0 Å². The molecule has 0 unspecified atom stereocenters. The average molecular weight is 355 g/mol. The summed E-state index contributed by atoms with van der Waals surface area (Å²) >= 11 is 7.49. The van der Waals surface area contributed by atoms with Crippen molar-refractivity contribution in [3.05, 3.63) is 75.6 Å². The fraction of sp³-hybridized carbons (Fsp3) is 0.105. The van der Waals surface area contributed by atoms with Gasteiger partial charge in [0.2, 0.25) is 0 Å². The van der Waals surface area contributed by atoms with Gasteiger partial charge in [-0.25, -0.2) is 0 Å². The summed E-state index contributed by atoms with van der Waals surface area (Å²) in [6, 6.07) is 17.7. The van der Waals surface area contributed by atoms with Gasteiger partial charge in [-0.3, -0.25) is 15.6 Å². The molecule has 1 aliphatic carbocycles. The molecule has 5 heteroatoms. The van der Waals surface area contributed by atoms with E-state index in [0.717, 1.165) is 18.5 Å². The van der Waals surface area contributed by atoms with Crippen molar-refractivity contribution < 1.29 is 4.79 Å². The molecule has 3 aromatic rings. The van der Waals surface area contributed by atoms with Crippen LogP contribution in [-0.2, 0) is 12.8 Å². The third-order valence-corrected chi connectivity index (χ3v) is 5.55. The molecule has 120 valence electrons. The normalized spacial score (nSPS) is 12.2. The van der Waals surface area contributed by atoms with E-state index in [1.54, 1.807) is 23.5 Å². The van der Waals surface area contributed by atoms with Gasteiger partial charge in [0.15, 0.2) is 0 Å². The number of carbonyl (C=O) groups excluding carboxylic acids is 1. The summed E-state index contributed by atoms with van der Waals surface area (Å²) in [5, 5.41) is 0.623. The Bertz CT molecular complexity index is 919. The molecule has 0 fully saturated rings. The zero-order valence-electron chi connectivity index (χ0n) is 12.8. The second-order valence-corrected chi connectivity index (χ2v) is 7.20. The molecular weight excluding hydrogens is 340 g/mol. The monoisotopic (exact) mass is 354 g/mol. The Hall–Kier alpha value is -2.30. The molecule has 0 aliphatic heterocycles. The smallest absolute Gasteiger partial charge is 0.279 e. The first kappa shape index (κ1) is 15.2. The summed E-state index contributed by atoms with van der Waals surface area (Å²) in [5.41, 5.74) is 10.3. The van der Waals surface area contributed by atoms with Gasteiger partial charge >= 0.3 is 0 Å². The predicted octanol–water partition coefficient (Wildman–Crippen LogP) is 4.92. The number of fused-ring (bicyclic) bond motifs is 3. The average Bonchev–Trinajstić information content (AvgIpc) is 3.04. The second-order valence-electron chi connectivity index (χ2n) is 5.71. The maximum Gasteiger partial charge on any atom is 0.279 e. The molecule has 1 amide bonds. The number of hydrogen-bond donors (Lipinski definition) is 2. The van der Waals surface area contributed by atoms with Crippen LogP contribution in [0.2, 0.25) is 5.02 Å². The second kappa shape index (κ2) is 6.30. The molecule has 2 aromatic carbocycles. The van der Waals surface area contributed by atoms with Gasteiger partial charge in [-0.2, -0.15) is 0 Å². The molecule has 24 heavy (non-hydrogen) atoms. The zero-order valence-corrected chi connectivity index (χ0v) is 14.4. The van der Waals surface area contributed by atoms with Crippen molar-refractivity contribution in [3.63, 3.8) is 0 Å². The SMILES string of the molecule is O=C(NNc1cccc(Cl)c1)c1cc2c(s1)-c1ccccc1CC2. The molecular formula is C19H15ClN2OS. The standard InChI is InChI=1S/C19H15ClN2OS/c20-14-5-3-6-15(11-14)21-22-19(23)17-10-13-9-8-12-4-1-2-7-16(12)18(13)24-17/h1-7,10-11,21H,8-9H2,(H,22,23). The van der Waals surface area contributed by atoms with E-state index in [4.69, 9.17) is 11.6 Å². The largest absolute Gasteiger partial charge is 0.298 e. The van der Waals surface area contributed by atoms with Crippen LogP contribution in [0.4, 0.5) is 5.69 Å². The summed E-state index contributed by atoms with van der Waals surface area (Å²) in [5.74, 6) is -0.133. The molecule has 1 aliphatic rings. The van der Waals surface area contributed by atoms with Gasteiger partial charge in [-0.15, -0.1) is 11.3 Å². The third-order valence-electron chi connectivity index (χ3n) is 4.10. The molecule has 1 aromatic heterocycles. The summed E-state index contributed by atoms with van der Waals surface area (Å²) < 4.78 is 0. The molecule has 4 rings (SSSR count). The lowest BCUT2D eigenvalue weighted by Gasteiger charge is -2.15. The number of carbonyl (C=O) groups is 1. The number of thiophene rings is 1. The van der Waals surface area contributed by atoms with Gasteiger partial charge < -0.3 is 0 Å². The molecule has 0 bridgehead atoms. The number of halogens is 1. The van der Waals surface area contributed by atoms with Crippen molar-refractivity contribution >= 4 is 34.5 Å². The van der Waals surface area contributed by atoms with E-state index in [1.165, 1.54) is 21.6 Å². The van der Waals surface area contributed by atoms with Crippen LogP contribution >= 0.6 is 22.9 Å². The van der Waals surface area contributed by atoms with Crippen molar-refractivity contribution in [2.45, 2.75) is 12.8 Å². The third kappa shape index (κ3) is 2.90. The minimum Gasteiger partial charge on any atom is -0.298 e. The van der Waals surface area contributed by atoms with Crippen LogP contribution in [0.1, 0.15) is 20.8 Å². The number of aryl methyl sites for hydroxylation is 2. The number of amides is 1. The first-order valence-electron chi connectivity index (χ1n) is 7.73. The highest BCUT2D eigenvalue weighted by Gasteiger charge is 2.21. The van der Waals surface area contributed by atoms with Crippen molar-refractivity contribution in [1.29, 1.82) is 0 Å². The molecule has 0 spiro atoms. The van der Waals surface area contributed by atoms with Gasteiger partial charge in [0.25, 0.3) is 5.91 Å². The number of rotatable bonds is 3. The first-order valence-corrected chi connectivity index (χ1v) is 8.93. The fourth-order valence-corrected chi connectivity index (χ4v) is 4.30. The highest BCUT2D eigenvalue weighted by Crippen LogP contribution is 2.39. The van der Waals surface area contributed by atoms with Crippen LogP contribution in [0.5, 0.6) is 0 Å². The quantitative estimate of drug-likeness (QED) is 0.655. The van der Waals surface area contributed by atoms with Crippen molar-refractivity contribution in [3.8, 4) is 10.4 Å². The van der Waals surface area contributed by atoms with E-state index in [-0.39, 0.29) is 5.91 Å². The van der Waals surface area contributed by atoms with Crippen molar-refractivity contribution in [1.82, 2.24) is 5.43 Å². The zero-order chi connectivity index (χ0) is 16.5. The van der Waals surface area contributed by atoms with Crippen LogP contribution in [0.25, 0.3) is 10.4 Å². The number of hydrazine groups is 1. The molecule has 0 saturated carbocycles. The first-order chi connectivity index (χ1) is 11.7. The fourth-order valence-electron chi connectivity index (χ4n) is 2.94. The van der Waals surface area contributed by atoms with Gasteiger partial charge in [0, 0.05) is 9.90 Å². The Morgan fingerprint density at radius 1 is 1.00 bits per heavy atom.